The van der Waals surface area contributed by atoms with Crippen LogP contribution >= 0.6 is 11.6 Å². The number of aromatic nitrogens is 2. The van der Waals surface area contributed by atoms with Gasteiger partial charge in [0.25, 0.3) is 5.56 Å². The molecule has 100 valence electrons. The Labute approximate surface area is 117 Å². The van der Waals surface area contributed by atoms with Crippen LogP contribution in [0.25, 0.3) is 10.9 Å². The van der Waals surface area contributed by atoms with Gasteiger partial charge in [-0.25, -0.2) is 4.98 Å². The molecular formula is C15H17ClN2O. The predicted molar refractivity (Wildman–Crippen MR) is 77.6 cm³/mol. The van der Waals surface area contributed by atoms with Crippen LogP contribution in [-0.2, 0) is 6.54 Å². The summed E-state index contributed by atoms with van der Waals surface area (Å²) in [5, 5.41) is 0.489. The number of benzene rings is 1. The quantitative estimate of drug-likeness (QED) is 0.801. The van der Waals surface area contributed by atoms with E-state index >= 15 is 0 Å². The Hall–Kier alpha value is -1.35. The summed E-state index contributed by atoms with van der Waals surface area (Å²) in [4.78, 5) is 17.2. The lowest BCUT2D eigenvalue weighted by Crippen LogP contribution is -2.27. The van der Waals surface area contributed by atoms with Crippen molar-refractivity contribution in [1.29, 1.82) is 0 Å². The molecule has 1 saturated carbocycles. The summed E-state index contributed by atoms with van der Waals surface area (Å²) in [7, 11) is 0. The zero-order chi connectivity index (χ0) is 13.4. The van der Waals surface area contributed by atoms with Crippen LogP contribution in [0, 0.1) is 5.92 Å². The van der Waals surface area contributed by atoms with Crippen molar-refractivity contribution in [1.82, 2.24) is 9.55 Å². The van der Waals surface area contributed by atoms with Crippen molar-refractivity contribution in [2.24, 2.45) is 5.92 Å². The van der Waals surface area contributed by atoms with Crippen molar-refractivity contribution >= 4 is 22.5 Å². The zero-order valence-corrected chi connectivity index (χ0v) is 11.7. The van der Waals surface area contributed by atoms with Crippen LogP contribution in [0.15, 0.2) is 29.1 Å². The van der Waals surface area contributed by atoms with Gasteiger partial charge < -0.3 is 0 Å². The van der Waals surface area contributed by atoms with Crippen molar-refractivity contribution in [2.45, 2.75) is 38.1 Å². The maximum absolute atomic E-state index is 12.6. The molecule has 1 unspecified atom stereocenters. The van der Waals surface area contributed by atoms with Gasteiger partial charge in [-0.3, -0.25) is 9.36 Å². The fourth-order valence-electron chi connectivity index (χ4n) is 2.34. The van der Waals surface area contributed by atoms with Gasteiger partial charge in [0, 0.05) is 6.54 Å². The van der Waals surface area contributed by atoms with Gasteiger partial charge in [0.05, 0.1) is 16.3 Å². The Kier molecular flexibility index (Phi) is 3.31. The summed E-state index contributed by atoms with van der Waals surface area (Å²) in [6, 6.07) is 7.50. The molecule has 1 fully saturated rings. The van der Waals surface area contributed by atoms with Gasteiger partial charge in [-0.05, 0) is 37.3 Å². The van der Waals surface area contributed by atoms with Gasteiger partial charge in [0.1, 0.15) is 5.82 Å². The number of para-hydroxylation sites is 1. The Bertz CT molecular complexity index is 661. The Balaban J connectivity index is 2.22. The van der Waals surface area contributed by atoms with Crippen LogP contribution in [0.5, 0.6) is 0 Å². The molecule has 3 nitrogen and oxygen atoms in total. The second-order valence-corrected chi connectivity index (χ2v) is 5.75. The lowest BCUT2D eigenvalue weighted by Gasteiger charge is -2.16. The third-order valence-electron chi connectivity index (χ3n) is 3.67. The molecule has 1 aromatic carbocycles. The molecule has 1 heterocycles. The number of nitrogens with zero attached hydrogens (tertiary/aromatic N) is 2. The molecule has 1 atom stereocenters. The summed E-state index contributed by atoms with van der Waals surface area (Å²) in [5.74, 6) is 1.35. The van der Waals surface area contributed by atoms with E-state index in [1.54, 1.807) is 4.57 Å². The van der Waals surface area contributed by atoms with Crippen molar-refractivity contribution < 1.29 is 0 Å². The molecule has 0 amide bonds. The minimum atomic E-state index is -0.198. The number of halogens is 1. The smallest absolute Gasteiger partial charge is 0.261 e. The van der Waals surface area contributed by atoms with Crippen LogP contribution in [0.3, 0.4) is 0 Å². The molecule has 0 aliphatic heterocycles. The summed E-state index contributed by atoms with van der Waals surface area (Å²) in [6.45, 7) is 2.77. The average molecular weight is 277 g/mol. The fraction of sp³-hybridized carbons (Fsp3) is 0.467. The van der Waals surface area contributed by atoms with E-state index in [0.717, 1.165) is 24.3 Å². The van der Waals surface area contributed by atoms with Crippen molar-refractivity contribution in [3.05, 3.63) is 40.4 Å². The number of hydrogen-bond acceptors (Lipinski definition) is 2. The van der Waals surface area contributed by atoms with Crippen molar-refractivity contribution in [3.8, 4) is 0 Å². The van der Waals surface area contributed by atoms with Crippen molar-refractivity contribution in [3.63, 3.8) is 0 Å². The SMILES string of the molecule is CCC(Cl)c1nc2ccccc2c(=O)n1CC1CC1. The Morgan fingerprint density at radius 2 is 2.16 bits per heavy atom. The van der Waals surface area contributed by atoms with E-state index < -0.39 is 0 Å². The first-order valence-electron chi connectivity index (χ1n) is 6.84. The topological polar surface area (TPSA) is 34.9 Å². The first kappa shape index (κ1) is 12.7. The minimum absolute atomic E-state index is 0.0478. The number of hydrogen-bond donors (Lipinski definition) is 0. The van der Waals surface area contributed by atoms with Crippen LogP contribution in [0.1, 0.15) is 37.4 Å². The van der Waals surface area contributed by atoms with E-state index in [1.807, 2.05) is 31.2 Å². The van der Waals surface area contributed by atoms with Crippen LogP contribution in [-0.4, -0.2) is 9.55 Å². The lowest BCUT2D eigenvalue weighted by atomic mass is 10.2. The number of fused-ring (bicyclic) bond motifs is 1. The second-order valence-electron chi connectivity index (χ2n) is 5.22. The highest BCUT2D eigenvalue weighted by molar-refractivity contribution is 6.20. The molecule has 3 rings (SSSR count). The summed E-state index contributed by atoms with van der Waals surface area (Å²) in [6.07, 6.45) is 3.19. The number of alkyl halides is 1. The van der Waals surface area contributed by atoms with Gasteiger partial charge in [-0.15, -0.1) is 11.6 Å². The van der Waals surface area contributed by atoms with E-state index in [9.17, 15) is 4.79 Å². The molecular weight excluding hydrogens is 260 g/mol. The first-order valence-corrected chi connectivity index (χ1v) is 7.28. The third kappa shape index (κ3) is 2.39. The molecule has 19 heavy (non-hydrogen) atoms. The second kappa shape index (κ2) is 4.97. The highest BCUT2D eigenvalue weighted by atomic mass is 35.5. The zero-order valence-electron chi connectivity index (χ0n) is 11.0. The van der Waals surface area contributed by atoms with Gasteiger partial charge in [0.15, 0.2) is 0 Å². The molecule has 0 saturated heterocycles. The fourth-order valence-corrected chi connectivity index (χ4v) is 2.51. The normalized spacial score (nSPS) is 16.7. The van der Waals surface area contributed by atoms with E-state index in [4.69, 9.17) is 11.6 Å². The van der Waals surface area contributed by atoms with Crippen LogP contribution in [0.2, 0.25) is 0 Å². The predicted octanol–water partition coefficient (Wildman–Crippen LogP) is 3.50. The molecule has 0 N–H and O–H groups in total. The van der Waals surface area contributed by atoms with Gasteiger partial charge in [0.2, 0.25) is 0 Å². The number of rotatable bonds is 4. The summed E-state index contributed by atoms with van der Waals surface area (Å²) >= 11 is 6.35. The van der Waals surface area contributed by atoms with Crippen LogP contribution in [0.4, 0.5) is 0 Å². The highest BCUT2D eigenvalue weighted by Gasteiger charge is 2.25. The van der Waals surface area contributed by atoms with E-state index in [0.29, 0.717) is 11.3 Å². The van der Waals surface area contributed by atoms with Gasteiger partial charge >= 0.3 is 0 Å². The molecule has 0 bridgehead atoms. The molecule has 0 radical (unpaired) electrons. The molecule has 1 aliphatic rings. The standard InChI is InChI=1S/C15H17ClN2O/c1-2-12(16)14-17-13-6-4-3-5-11(13)15(19)18(14)9-10-7-8-10/h3-6,10,12H,2,7-9H2,1H3. The van der Waals surface area contributed by atoms with Crippen LogP contribution < -0.4 is 5.56 Å². The van der Waals surface area contributed by atoms with Crippen molar-refractivity contribution in [2.75, 3.05) is 0 Å². The molecule has 1 aliphatic carbocycles. The third-order valence-corrected chi connectivity index (χ3v) is 4.17. The molecule has 0 spiro atoms. The van der Waals surface area contributed by atoms with E-state index in [2.05, 4.69) is 4.98 Å². The Morgan fingerprint density at radius 1 is 1.42 bits per heavy atom. The maximum Gasteiger partial charge on any atom is 0.261 e. The maximum atomic E-state index is 12.6. The van der Waals surface area contributed by atoms with Gasteiger partial charge in [-0.2, -0.15) is 0 Å². The van der Waals surface area contributed by atoms with Gasteiger partial charge in [-0.1, -0.05) is 19.1 Å². The molecule has 1 aromatic heterocycles. The first-order chi connectivity index (χ1) is 9.20. The largest absolute Gasteiger partial charge is 0.295 e. The van der Waals surface area contributed by atoms with E-state index in [-0.39, 0.29) is 10.9 Å². The molecule has 4 heteroatoms. The molecule has 2 aromatic rings. The summed E-state index contributed by atoms with van der Waals surface area (Å²) in [5.41, 5.74) is 0.792. The minimum Gasteiger partial charge on any atom is -0.295 e. The van der Waals surface area contributed by atoms with E-state index in [1.165, 1.54) is 12.8 Å². The lowest BCUT2D eigenvalue weighted by molar-refractivity contribution is 0.559. The average Bonchev–Trinajstić information content (AvgIpc) is 3.25. The summed E-state index contributed by atoms with van der Waals surface area (Å²) < 4.78 is 1.79. The Morgan fingerprint density at radius 3 is 2.84 bits per heavy atom. The highest BCUT2D eigenvalue weighted by Crippen LogP contribution is 2.32. The monoisotopic (exact) mass is 276 g/mol.